The van der Waals surface area contributed by atoms with Crippen molar-refractivity contribution in [3.8, 4) is 89.5 Å². The van der Waals surface area contributed by atoms with E-state index in [9.17, 15) is 0 Å². The molecule has 7 nitrogen and oxygen atoms in total. The van der Waals surface area contributed by atoms with E-state index in [2.05, 4.69) is 418 Å². The molecule has 0 unspecified atom stereocenters. The van der Waals surface area contributed by atoms with Crippen molar-refractivity contribution >= 4 is 131 Å². The molecule has 532 valence electrons. The highest BCUT2D eigenvalue weighted by atomic mass is 16.3. The van der Waals surface area contributed by atoms with E-state index < -0.39 is 0 Å². The topological polar surface area (TPSA) is 58.9 Å². The average Bonchev–Trinajstić information content (AvgIpc) is 1.60. The number of para-hydroxylation sites is 7. The SMILES string of the molecule is c1cc(-c2cccc(-c3ccc4oc5ccc(-n6c7ccccc7c7ccccc76)cc5c4c3)c2)cc(-c2cccc(-n3c4ccccc4c4ccccc43)c2)c1.c1cc(-c2cccc(-c3ccc4oc5ccc(-n6c7ccccc7c7ccncc76)cc5c4c3)c2)cc(-c2cccc(-n3c4ccccc4c4ccccc43)c2)c1. The summed E-state index contributed by atoms with van der Waals surface area (Å²) in [5.74, 6) is 0. The van der Waals surface area contributed by atoms with Gasteiger partial charge in [0, 0.05) is 93.6 Å². The first-order chi connectivity index (χ1) is 56.5. The molecule has 0 aliphatic carbocycles. The van der Waals surface area contributed by atoms with E-state index in [-0.39, 0.29) is 0 Å². The highest BCUT2D eigenvalue weighted by Crippen LogP contribution is 2.43. The molecule has 0 N–H and O–H groups in total. The maximum absolute atomic E-state index is 6.40. The first kappa shape index (κ1) is 64.7. The number of furan rings is 2. The van der Waals surface area contributed by atoms with Crippen molar-refractivity contribution < 1.29 is 8.83 Å². The van der Waals surface area contributed by atoms with Gasteiger partial charge in [0.15, 0.2) is 0 Å². The lowest BCUT2D eigenvalue weighted by atomic mass is 9.95. The minimum atomic E-state index is 0.873. The van der Waals surface area contributed by atoms with Crippen molar-refractivity contribution in [1.29, 1.82) is 0 Å². The Labute approximate surface area is 655 Å². The van der Waals surface area contributed by atoms with Crippen molar-refractivity contribution in [1.82, 2.24) is 23.3 Å². The monoisotopic (exact) mass is 1450 g/mol. The molecular formula is C107H67N5O2. The number of pyridine rings is 1. The van der Waals surface area contributed by atoms with Crippen molar-refractivity contribution in [2.75, 3.05) is 0 Å². The van der Waals surface area contributed by atoms with Crippen LogP contribution in [0.4, 0.5) is 0 Å². The summed E-state index contributed by atoms with van der Waals surface area (Å²) in [6.07, 6.45) is 3.82. The fraction of sp³-hybridized carbons (Fsp3) is 0. The van der Waals surface area contributed by atoms with Crippen LogP contribution in [0.3, 0.4) is 0 Å². The second-order valence-electron chi connectivity index (χ2n) is 29.8. The summed E-state index contributed by atoms with van der Waals surface area (Å²) >= 11 is 0. The molecule has 7 heterocycles. The van der Waals surface area contributed by atoms with Crippen LogP contribution >= 0.6 is 0 Å². The maximum atomic E-state index is 6.40. The zero-order chi connectivity index (χ0) is 74.9. The van der Waals surface area contributed by atoms with Crippen LogP contribution < -0.4 is 0 Å². The quantitative estimate of drug-likeness (QED) is 0.137. The van der Waals surface area contributed by atoms with E-state index in [0.29, 0.717) is 0 Å². The fourth-order valence-electron chi connectivity index (χ4n) is 18.0. The van der Waals surface area contributed by atoms with Gasteiger partial charge in [-0.2, -0.15) is 0 Å². The van der Waals surface area contributed by atoms with Crippen LogP contribution in [0.1, 0.15) is 0 Å². The second kappa shape index (κ2) is 26.2. The second-order valence-corrected chi connectivity index (χ2v) is 29.8. The number of aromatic nitrogens is 5. The summed E-state index contributed by atoms with van der Waals surface area (Å²) in [6, 6.07) is 142. The van der Waals surface area contributed by atoms with Gasteiger partial charge in [-0.1, -0.05) is 237 Å². The lowest BCUT2D eigenvalue weighted by Gasteiger charge is -2.12. The Morgan fingerprint density at radius 3 is 0.693 bits per heavy atom. The molecule has 0 spiro atoms. The van der Waals surface area contributed by atoms with Crippen LogP contribution in [0.25, 0.3) is 221 Å². The third-order valence-corrected chi connectivity index (χ3v) is 23.3. The van der Waals surface area contributed by atoms with Crippen molar-refractivity contribution in [2.45, 2.75) is 0 Å². The Hall–Kier alpha value is -15.3. The Morgan fingerprint density at radius 1 is 0.158 bits per heavy atom. The first-order valence-corrected chi connectivity index (χ1v) is 38.8. The number of fused-ring (bicyclic) bond motifs is 18. The molecule has 0 amide bonds. The Kier molecular flexibility index (Phi) is 14.9. The molecule has 114 heavy (non-hydrogen) atoms. The van der Waals surface area contributed by atoms with Crippen LogP contribution in [0.2, 0.25) is 0 Å². The summed E-state index contributed by atoms with van der Waals surface area (Å²) < 4.78 is 22.2. The average molecular weight is 1450 g/mol. The summed E-state index contributed by atoms with van der Waals surface area (Å²) in [5, 5.41) is 14.4. The Morgan fingerprint density at radius 2 is 0.386 bits per heavy atom. The molecule has 0 atom stereocenters. The molecule has 0 saturated carbocycles. The van der Waals surface area contributed by atoms with Gasteiger partial charge in [-0.05, 0) is 224 Å². The number of nitrogens with zero attached hydrogens (tertiary/aromatic N) is 5. The van der Waals surface area contributed by atoms with Crippen LogP contribution in [0.5, 0.6) is 0 Å². The molecule has 0 bridgehead atoms. The predicted molar refractivity (Wildman–Crippen MR) is 475 cm³/mol. The van der Waals surface area contributed by atoms with Crippen LogP contribution in [0, 0.1) is 0 Å². The summed E-state index contributed by atoms with van der Waals surface area (Å²) in [5.41, 5.74) is 31.6. The first-order valence-electron chi connectivity index (χ1n) is 38.8. The van der Waals surface area contributed by atoms with Gasteiger partial charge >= 0.3 is 0 Å². The third-order valence-electron chi connectivity index (χ3n) is 23.3. The summed E-state index contributed by atoms with van der Waals surface area (Å²) in [4.78, 5) is 4.48. The van der Waals surface area contributed by atoms with Gasteiger partial charge in [0.25, 0.3) is 0 Å². The largest absolute Gasteiger partial charge is 0.456 e. The standard InChI is InChI=1S/C54H34N2O.C53H33N3O/c1-5-22-49-43(18-1)44-19-2-6-23-50(44)55(49)41-17-11-16-39(32-41)37-14-9-12-35(30-37)36-13-10-15-38(31-36)40-26-28-53-47(33-40)48-34-42(27-29-54(48)57-53)56-51-24-7-3-20-45(51)46-21-4-8-25-52(46)56;1-4-19-48-42(16-1)43-17-2-5-20-49(43)55(48)40-15-9-14-38(30-40)36-12-7-10-34(28-36)35-11-8-13-37(29-35)39-22-24-52-46(31-39)47-32-41(23-25-53(47)57-52)56-50-21-6-3-18-44(50)45-26-27-54-33-51(45)56/h1-34H;1-33H. The molecule has 7 heteroatoms. The summed E-state index contributed by atoms with van der Waals surface area (Å²) in [6.45, 7) is 0. The van der Waals surface area contributed by atoms with Gasteiger partial charge < -0.3 is 27.1 Å². The minimum Gasteiger partial charge on any atom is -0.456 e. The molecule has 24 rings (SSSR count). The zero-order valence-corrected chi connectivity index (χ0v) is 61.7. The third kappa shape index (κ3) is 10.6. The van der Waals surface area contributed by atoms with Crippen molar-refractivity contribution in [3.63, 3.8) is 0 Å². The Balaban J connectivity index is 0.000000135. The highest BCUT2D eigenvalue weighted by molar-refractivity contribution is 6.15. The van der Waals surface area contributed by atoms with Crippen molar-refractivity contribution in [3.05, 3.63) is 407 Å². The molecule has 7 aromatic heterocycles. The normalized spacial score (nSPS) is 11.9. The van der Waals surface area contributed by atoms with E-state index in [1.165, 1.54) is 126 Å². The minimum absolute atomic E-state index is 0.873. The van der Waals surface area contributed by atoms with Crippen molar-refractivity contribution in [2.24, 2.45) is 0 Å². The van der Waals surface area contributed by atoms with Gasteiger partial charge in [0.1, 0.15) is 22.3 Å². The highest BCUT2D eigenvalue weighted by Gasteiger charge is 2.21. The molecule has 0 saturated heterocycles. The van der Waals surface area contributed by atoms with E-state index in [1.54, 1.807) is 0 Å². The Bertz CT molecular complexity index is 7340. The van der Waals surface area contributed by atoms with Gasteiger partial charge in [0.05, 0.1) is 50.3 Å². The van der Waals surface area contributed by atoms with Gasteiger partial charge in [-0.15, -0.1) is 0 Å². The zero-order valence-electron chi connectivity index (χ0n) is 61.7. The number of hydrogen-bond acceptors (Lipinski definition) is 3. The van der Waals surface area contributed by atoms with E-state index >= 15 is 0 Å². The lowest BCUT2D eigenvalue weighted by Crippen LogP contribution is -1.94. The molecule has 0 aliphatic heterocycles. The van der Waals surface area contributed by atoms with Crippen LogP contribution in [0.15, 0.2) is 416 Å². The van der Waals surface area contributed by atoms with E-state index in [0.717, 1.165) is 94.4 Å². The smallest absolute Gasteiger partial charge is 0.135 e. The molecule has 24 aromatic rings. The fourth-order valence-corrected chi connectivity index (χ4v) is 18.0. The molecule has 0 fully saturated rings. The van der Waals surface area contributed by atoms with Gasteiger partial charge in [0.2, 0.25) is 0 Å². The number of rotatable bonds is 10. The molecule has 0 aliphatic rings. The van der Waals surface area contributed by atoms with Gasteiger partial charge in [-0.3, -0.25) is 4.98 Å². The van der Waals surface area contributed by atoms with Crippen LogP contribution in [-0.4, -0.2) is 23.3 Å². The van der Waals surface area contributed by atoms with Gasteiger partial charge in [-0.25, -0.2) is 0 Å². The molecular weight excluding hydrogens is 1390 g/mol. The molecule has 0 radical (unpaired) electrons. The number of hydrogen-bond donors (Lipinski definition) is 0. The molecule has 17 aromatic carbocycles. The van der Waals surface area contributed by atoms with Crippen LogP contribution in [-0.2, 0) is 0 Å². The van der Waals surface area contributed by atoms with E-state index in [1.807, 2.05) is 12.4 Å². The predicted octanol–water partition coefficient (Wildman–Crippen LogP) is 29.0. The number of benzene rings is 17. The maximum Gasteiger partial charge on any atom is 0.135 e. The lowest BCUT2D eigenvalue weighted by molar-refractivity contribution is 0.668. The van der Waals surface area contributed by atoms with E-state index in [4.69, 9.17) is 8.83 Å². The summed E-state index contributed by atoms with van der Waals surface area (Å²) in [7, 11) is 0.